The van der Waals surface area contributed by atoms with Crippen molar-refractivity contribution < 1.29 is 0 Å². The smallest absolute Gasteiger partial charge is 0.0950 e. The van der Waals surface area contributed by atoms with Crippen LogP contribution in [0.2, 0.25) is 0 Å². The Bertz CT molecular complexity index is 390. The Morgan fingerprint density at radius 1 is 1.36 bits per heavy atom. The Morgan fingerprint density at radius 2 is 2.18 bits per heavy atom. The van der Waals surface area contributed by atoms with Gasteiger partial charge in [-0.15, -0.1) is 0 Å². The maximum atomic E-state index is 5.64. The fourth-order valence-corrected chi connectivity index (χ4v) is 1.14. The van der Waals surface area contributed by atoms with Gasteiger partial charge < -0.3 is 11.6 Å². The molecule has 0 bridgehead atoms. The zero-order valence-electron chi connectivity index (χ0n) is 5.86. The third-order valence-corrected chi connectivity index (χ3v) is 1.65. The maximum Gasteiger partial charge on any atom is 0.0950 e. The SMILES string of the molecule is Nc1cncc2ccn(N)c12. The predicted molar refractivity (Wildman–Crippen MR) is 44.3 cm³/mol. The molecule has 0 aliphatic heterocycles. The first-order valence-electron chi connectivity index (χ1n) is 3.24. The molecule has 2 heterocycles. The van der Waals surface area contributed by atoms with E-state index in [4.69, 9.17) is 11.6 Å². The number of hydrogen-bond acceptors (Lipinski definition) is 3. The van der Waals surface area contributed by atoms with E-state index < -0.39 is 0 Å². The fourth-order valence-electron chi connectivity index (χ4n) is 1.14. The first-order chi connectivity index (χ1) is 5.29. The van der Waals surface area contributed by atoms with Crippen molar-refractivity contribution in [2.75, 3.05) is 11.6 Å². The molecule has 2 rings (SSSR count). The summed E-state index contributed by atoms with van der Waals surface area (Å²) in [7, 11) is 0. The molecular weight excluding hydrogens is 140 g/mol. The van der Waals surface area contributed by atoms with E-state index in [1.54, 1.807) is 18.6 Å². The minimum absolute atomic E-state index is 0.606. The second kappa shape index (κ2) is 1.88. The summed E-state index contributed by atoms with van der Waals surface area (Å²) < 4.78 is 1.49. The van der Waals surface area contributed by atoms with Crippen LogP contribution in [0.5, 0.6) is 0 Å². The number of nitrogens with two attached hydrogens (primary N) is 2. The molecule has 0 aliphatic rings. The minimum Gasteiger partial charge on any atom is -0.396 e. The molecule has 56 valence electrons. The number of rotatable bonds is 0. The highest BCUT2D eigenvalue weighted by Gasteiger charge is 2.00. The lowest BCUT2D eigenvalue weighted by atomic mass is 10.3. The van der Waals surface area contributed by atoms with Gasteiger partial charge in [0.2, 0.25) is 0 Å². The lowest BCUT2D eigenvalue weighted by Gasteiger charge is -1.98. The van der Waals surface area contributed by atoms with Gasteiger partial charge in [0, 0.05) is 17.8 Å². The topological polar surface area (TPSA) is 69.9 Å². The van der Waals surface area contributed by atoms with Crippen molar-refractivity contribution >= 4 is 16.6 Å². The third-order valence-electron chi connectivity index (χ3n) is 1.65. The monoisotopic (exact) mass is 148 g/mol. The molecule has 4 heteroatoms. The van der Waals surface area contributed by atoms with E-state index in [9.17, 15) is 0 Å². The number of hydrogen-bond donors (Lipinski definition) is 2. The summed E-state index contributed by atoms with van der Waals surface area (Å²) in [6, 6.07) is 1.87. The van der Waals surface area contributed by atoms with Crippen LogP contribution in [0.15, 0.2) is 24.7 Å². The van der Waals surface area contributed by atoms with Crippen LogP contribution >= 0.6 is 0 Å². The van der Waals surface area contributed by atoms with Gasteiger partial charge in [-0.3, -0.25) is 9.66 Å². The molecule has 2 aromatic rings. The molecule has 0 fully saturated rings. The van der Waals surface area contributed by atoms with Crippen LogP contribution in [-0.4, -0.2) is 9.66 Å². The van der Waals surface area contributed by atoms with Gasteiger partial charge in [0.15, 0.2) is 0 Å². The van der Waals surface area contributed by atoms with E-state index in [1.165, 1.54) is 4.68 Å². The first kappa shape index (κ1) is 6.03. The summed E-state index contributed by atoms with van der Waals surface area (Å²) in [4.78, 5) is 3.93. The van der Waals surface area contributed by atoms with Crippen LogP contribution < -0.4 is 11.6 Å². The van der Waals surface area contributed by atoms with Crippen LogP contribution in [0.1, 0.15) is 0 Å². The van der Waals surface area contributed by atoms with Gasteiger partial charge in [-0.2, -0.15) is 0 Å². The Hall–Kier alpha value is -1.71. The number of nitrogen functional groups attached to an aromatic ring is 2. The van der Waals surface area contributed by atoms with E-state index in [0.29, 0.717) is 5.69 Å². The maximum absolute atomic E-state index is 5.64. The highest BCUT2D eigenvalue weighted by molar-refractivity contribution is 5.89. The van der Waals surface area contributed by atoms with Crippen LogP contribution in [0.25, 0.3) is 10.9 Å². The molecule has 0 spiro atoms. The molecule has 11 heavy (non-hydrogen) atoms. The van der Waals surface area contributed by atoms with Gasteiger partial charge in [-0.1, -0.05) is 0 Å². The van der Waals surface area contributed by atoms with E-state index in [-0.39, 0.29) is 0 Å². The average molecular weight is 148 g/mol. The predicted octanol–water partition coefficient (Wildman–Crippen LogP) is 0.332. The number of pyridine rings is 1. The summed E-state index contributed by atoms with van der Waals surface area (Å²) in [5, 5.41) is 0.965. The highest BCUT2D eigenvalue weighted by Crippen LogP contribution is 2.17. The van der Waals surface area contributed by atoms with Gasteiger partial charge in [-0.05, 0) is 6.07 Å². The largest absolute Gasteiger partial charge is 0.396 e. The summed E-state index contributed by atoms with van der Waals surface area (Å²) in [6.07, 6.45) is 5.07. The van der Waals surface area contributed by atoms with Gasteiger partial charge in [-0.25, -0.2) is 0 Å². The van der Waals surface area contributed by atoms with Crippen LogP contribution in [0.4, 0.5) is 5.69 Å². The number of aromatic nitrogens is 2. The molecule has 0 saturated heterocycles. The first-order valence-corrected chi connectivity index (χ1v) is 3.24. The molecule has 0 aliphatic carbocycles. The molecule has 0 amide bonds. The second-order valence-corrected chi connectivity index (χ2v) is 2.39. The Labute approximate surface area is 63.4 Å². The van der Waals surface area contributed by atoms with Crippen LogP contribution in [0.3, 0.4) is 0 Å². The molecule has 2 aromatic heterocycles. The second-order valence-electron chi connectivity index (χ2n) is 2.39. The summed E-state index contributed by atoms with van der Waals surface area (Å²) >= 11 is 0. The minimum atomic E-state index is 0.606. The standard InChI is InChI=1S/C7H8N4/c8-6-4-10-3-5-1-2-11(9)7(5)6/h1-4H,8-9H2. The van der Waals surface area contributed by atoms with Crippen molar-refractivity contribution in [2.45, 2.75) is 0 Å². The fraction of sp³-hybridized carbons (Fsp3) is 0. The summed E-state index contributed by atoms with van der Waals surface area (Å²) in [6.45, 7) is 0. The quantitative estimate of drug-likeness (QED) is 0.529. The van der Waals surface area contributed by atoms with Crippen LogP contribution in [-0.2, 0) is 0 Å². The lowest BCUT2D eigenvalue weighted by molar-refractivity contribution is 1.07. The Morgan fingerprint density at radius 3 is 2.91 bits per heavy atom. The zero-order valence-corrected chi connectivity index (χ0v) is 5.86. The molecule has 0 aromatic carbocycles. The van der Waals surface area contributed by atoms with Crippen molar-refractivity contribution in [3.8, 4) is 0 Å². The third kappa shape index (κ3) is 0.724. The van der Waals surface area contributed by atoms with Crippen molar-refractivity contribution in [2.24, 2.45) is 0 Å². The molecule has 0 saturated carbocycles. The van der Waals surface area contributed by atoms with Crippen molar-refractivity contribution in [1.29, 1.82) is 0 Å². The van der Waals surface area contributed by atoms with E-state index in [1.807, 2.05) is 6.07 Å². The van der Waals surface area contributed by atoms with Gasteiger partial charge in [0.1, 0.15) is 0 Å². The molecule has 0 radical (unpaired) electrons. The molecule has 0 atom stereocenters. The number of anilines is 1. The van der Waals surface area contributed by atoms with E-state index in [0.717, 1.165) is 10.9 Å². The molecule has 4 N–H and O–H groups in total. The lowest BCUT2D eigenvalue weighted by Crippen LogP contribution is -2.06. The average Bonchev–Trinajstić information content (AvgIpc) is 2.34. The summed E-state index contributed by atoms with van der Waals surface area (Å²) in [5.74, 6) is 5.59. The zero-order chi connectivity index (χ0) is 7.84. The number of fused-ring (bicyclic) bond motifs is 1. The number of nitrogens with zero attached hydrogens (tertiary/aromatic N) is 2. The molecule has 4 nitrogen and oxygen atoms in total. The van der Waals surface area contributed by atoms with Crippen molar-refractivity contribution in [3.05, 3.63) is 24.7 Å². The molecule has 0 unspecified atom stereocenters. The van der Waals surface area contributed by atoms with Gasteiger partial charge >= 0.3 is 0 Å². The highest BCUT2D eigenvalue weighted by atomic mass is 15.3. The van der Waals surface area contributed by atoms with Crippen molar-refractivity contribution in [1.82, 2.24) is 9.66 Å². The van der Waals surface area contributed by atoms with Gasteiger partial charge in [0.05, 0.1) is 17.4 Å². The Kier molecular flexibility index (Phi) is 1.03. The van der Waals surface area contributed by atoms with E-state index >= 15 is 0 Å². The Balaban J connectivity index is 2.96. The van der Waals surface area contributed by atoms with Crippen LogP contribution in [0, 0.1) is 0 Å². The normalized spacial score (nSPS) is 10.5. The molecular formula is C7H8N4. The van der Waals surface area contributed by atoms with Gasteiger partial charge in [0.25, 0.3) is 0 Å². The van der Waals surface area contributed by atoms with E-state index in [2.05, 4.69) is 4.98 Å². The summed E-state index contributed by atoms with van der Waals surface area (Å²) in [5.41, 5.74) is 7.08. The van der Waals surface area contributed by atoms with Crippen molar-refractivity contribution in [3.63, 3.8) is 0 Å².